The van der Waals surface area contributed by atoms with Crippen molar-refractivity contribution in [2.75, 3.05) is 25.0 Å². The van der Waals surface area contributed by atoms with Gasteiger partial charge in [-0.05, 0) is 85.3 Å². The molecule has 1 aromatic heterocycles. The number of Topliss-reactive ketones (excluding diaryl/α,β-unsaturated/α-hetero) is 1. The number of H-pyrrole nitrogens is 1. The molecule has 4 rings (SSSR count). The molecule has 0 atom stereocenters. The van der Waals surface area contributed by atoms with Crippen LogP contribution in [-0.4, -0.2) is 41.6 Å². The quantitative estimate of drug-likeness (QED) is 0.222. The lowest BCUT2D eigenvalue weighted by Crippen LogP contribution is -2.34. The number of aromatic nitrogens is 2. The third-order valence-electron chi connectivity index (χ3n) is 6.23. The van der Waals surface area contributed by atoms with Gasteiger partial charge in [0.05, 0.1) is 21.8 Å². The zero-order chi connectivity index (χ0) is 31.4. The standard InChI is InChI=1S/C14H19N3.C8H12BrN.C8H7ClO.2C2H6/c1-2-11-7-9-17(10-8-11)14-15-12-5-3-4-6-13(12)16-14;1-5-7(9)8(10-4)6(2)3;1-6(10)7-4-2-3-5-8(7)9;2*1-2/h3-6,11H,2,7-10H2,1H3,(H,15,16);5H,2H2,1,3-4H3;2-5H,1H3;2*1-2H3/b;7-5+,10-8?;;;. The number of imidazole rings is 1. The third kappa shape index (κ3) is 13.2. The number of aromatic amines is 1. The zero-order valence-corrected chi connectivity index (χ0v) is 28.9. The maximum atomic E-state index is 10.8. The van der Waals surface area contributed by atoms with Crippen LogP contribution in [0.1, 0.15) is 85.0 Å². The van der Waals surface area contributed by atoms with Crippen molar-refractivity contribution >= 4 is 56.0 Å². The van der Waals surface area contributed by atoms with Crippen LogP contribution in [0.15, 0.2) is 76.2 Å². The van der Waals surface area contributed by atoms with Gasteiger partial charge in [0, 0.05) is 30.2 Å². The zero-order valence-electron chi connectivity index (χ0n) is 26.5. The number of carbonyl (C=O) groups excluding carboxylic acids is 1. The number of rotatable bonds is 5. The summed E-state index contributed by atoms with van der Waals surface area (Å²) in [5.41, 5.74) is 4.71. The van der Waals surface area contributed by atoms with Crippen LogP contribution in [0.2, 0.25) is 5.02 Å². The van der Waals surface area contributed by atoms with E-state index in [0.29, 0.717) is 10.6 Å². The molecule has 226 valence electrons. The summed E-state index contributed by atoms with van der Waals surface area (Å²) in [7, 11) is 1.76. The lowest BCUT2D eigenvalue weighted by molar-refractivity contribution is 0.101. The molecule has 0 aliphatic carbocycles. The van der Waals surface area contributed by atoms with E-state index in [1.54, 1.807) is 31.3 Å². The minimum absolute atomic E-state index is 0.00519. The van der Waals surface area contributed by atoms with Crippen LogP contribution in [-0.2, 0) is 0 Å². The van der Waals surface area contributed by atoms with Gasteiger partial charge >= 0.3 is 0 Å². The number of carbonyl (C=O) groups is 1. The smallest absolute Gasteiger partial charge is 0.203 e. The summed E-state index contributed by atoms with van der Waals surface area (Å²) in [6, 6.07) is 15.3. The molecule has 1 aliphatic rings. The Kier molecular flexibility index (Phi) is 20.5. The number of aliphatic imine (C=N–C) groups is 1. The normalized spacial score (nSPS) is 13.3. The molecule has 1 fully saturated rings. The van der Waals surface area contributed by atoms with Gasteiger partial charge in [0.2, 0.25) is 5.95 Å². The van der Waals surface area contributed by atoms with Crippen molar-refractivity contribution < 1.29 is 4.79 Å². The minimum Gasteiger partial charge on any atom is -0.342 e. The molecule has 7 heteroatoms. The van der Waals surface area contributed by atoms with Gasteiger partial charge in [-0.3, -0.25) is 9.79 Å². The molecule has 5 nitrogen and oxygen atoms in total. The Morgan fingerprint density at radius 2 is 1.66 bits per heavy atom. The van der Waals surface area contributed by atoms with E-state index >= 15 is 0 Å². The van der Waals surface area contributed by atoms with Gasteiger partial charge in [0.25, 0.3) is 0 Å². The summed E-state index contributed by atoms with van der Waals surface area (Å²) in [5.74, 6) is 1.96. The van der Waals surface area contributed by atoms with E-state index in [0.717, 1.165) is 51.8 Å². The summed E-state index contributed by atoms with van der Waals surface area (Å²) in [5, 5.41) is 0.523. The SMILES string of the molecule is C=C(C)C(=NC)/C(Br)=C\C.CC.CC.CC(=O)c1ccccc1Cl.CCC1CCN(c2nc3ccccc3[nH]2)CC1. The molecule has 1 N–H and O–H groups in total. The number of nitrogens with one attached hydrogen (secondary N) is 1. The van der Waals surface area contributed by atoms with E-state index in [1.165, 1.54) is 26.2 Å². The van der Waals surface area contributed by atoms with Crippen LogP contribution in [0.5, 0.6) is 0 Å². The number of allylic oxidation sites excluding steroid dienone is 3. The van der Waals surface area contributed by atoms with E-state index in [2.05, 4.69) is 61.4 Å². The Bertz CT molecular complexity index is 1210. The first-order valence-corrected chi connectivity index (χ1v) is 15.8. The number of hydrogen-bond acceptors (Lipinski definition) is 4. The largest absolute Gasteiger partial charge is 0.342 e. The van der Waals surface area contributed by atoms with Crippen molar-refractivity contribution in [1.82, 2.24) is 9.97 Å². The Hall–Kier alpha value is -2.70. The maximum absolute atomic E-state index is 10.8. The Morgan fingerprint density at radius 3 is 2.07 bits per heavy atom. The fraction of sp³-hybridized carbons (Fsp3) is 0.441. The molecular weight excluding hydrogens is 596 g/mol. The van der Waals surface area contributed by atoms with E-state index in [1.807, 2.05) is 59.8 Å². The van der Waals surface area contributed by atoms with Crippen molar-refractivity contribution in [3.05, 3.63) is 81.8 Å². The van der Waals surface area contributed by atoms with Gasteiger partial charge in [-0.25, -0.2) is 4.98 Å². The minimum atomic E-state index is 0.00519. The van der Waals surface area contributed by atoms with Gasteiger partial charge in [0.15, 0.2) is 5.78 Å². The van der Waals surface area contributed by atoms with Gasteiger partial charge in [0.1, 0.15) is 0 Å². The Balaban J connectivity index is 0.000000582. The molecular formula is C34H50BrClN4O. The predicted molar refractivity (Wildman–Crippen MR) is 186 cm³/mol. The molecule has 0 amide bonds. The highest BCUT2D eigenvalue weighted by Crippen LogP contribution is 2.24. The molecule has 0 spiro atoms. The highest BCUT2D eigenvalue weighted by Gasteiger charge is 2.19. The number of piperidine rings is 1. The second kappa shape index (κ2) is 22.0. The molecule has 2 heterocycles. The summed E-state index contributed by atoms with van der Waals surface area (Å²) in [6.45, 7) is 21.8. The lowest BCUT2D eigenvalue weighted by Gasteiger charge is -2.31. The highest BCUT2D eigenvalue weighted by molar-refractivity contribution is 9.12. The molecule has 0 bridgehead atoms. The maximum Gasteiger partial charge on any atom is 0.203 e. The Labute approximate surface area is 262 Å². The van der Waals surface area contributed by atoms with Gasteiger partial charge in [-0.1, -0.05) is 89.6 Å². The van der Waals surface area contributed by atoms with Crippen molar-refractivity contribution in [3.63, 3.8) is 0 Å². The fourth-order valence-corrected chi connectivity index (χ4v) is 4.81. The van der Waals surface area contributed by atoms with Crippen molar-refractivity contribution in [2.45, 2.75) is 74.7 Å². The van der Waals surface area contributed by atoms with E-state index < -0.39 is 0 Å². The average Bonchev–Trinajstić information content (AvgIpc) is 3.44. The molecule has 0 saturated carbocycles. The molecule has 41 heavy (non-hydrogen) atoms. The monoisotopic (exact) mass is 644 g/mol. The van der Waals surface area contributed by atoms with Crippen LogP contribution < -0.4 is 4.90 Å². The Morgan fingerprint density at radius 1 is 1.10 bits per heavy atom. The number of benzene rings is 2. The molecule has 2 aromatic carbocycles. The second-order valence-electron chi connectivity index (χ2n) is 8.94. The number of ketones is 1. The number of fused-ring (bicyclic) bond motifs is 1. The van der Waals surface area contributed by atoms with E-state index in [4.69, 9.17) is 11.6 Å². The highest BCUT2D eigenvalue weighted by atomic mass is 79.9. The first-order chi connectivity index (χ1) is 19.7. The number of hydrogen-bond donors (Lipinski definition) is 1. The number of para-hydroxylation sites is 2. The van der Waals surface area contributed by atoms with E-state index in [9.17, 15) is 4.79 Å². The molecule has 3 aromatic rings. The van der Waals surface area contributed by atoms with Crippen LogP contribution in [0.25, 0.3) is 11.0 Å². The average molecular weight is 646 g/mol. The second-order valence-corrected chi connectivity index (χ2v) is 10.2. The predicted octanol–water partition coefficient (Wildman–Crippen LogP) is 10.7. The number of halogens is 2. The number of anilines is 1. The number of nitrogens with zero attached hydrogens (tertiary/aromatic N) is 3. The lowest BCUT2D eigenvalue weighted by atomic mass is 9.95. The first kappa shape index (κ1) is 38.3. The molecule has 0 unspecified atom stereocenters. The van der Waals surface area contributed by atoms with Crippen LogP contribution in [0.3, 0.4) is 0 Å². The van der Waals surface area contributed by atoms with Crippen LogP contribution >= 0.6 is 27.5 Å². The molecule has 1 aliphatic heterocycles. The van der Waals surface area contributed by atoms with Crippen molar-refractivity contribution in [2.24, 2.45) is 10.9 Å². The molecule has 1 saturated heterocycles. The third-order valence-corrected chi connectivity index (χ3v) is 7.39. The summed E-state index contributed by atoms with van der Waals surface area (Å²) >= 11 is 9.07. The van der Waals surface area contributed by atoms with Gasteiger partial charge in [-0.15, -0.1) is 0 Å². The summed E-state index contributed by atoms with van der Waals surface area (Å²) in [4.78, 5) is 25.3. The summed E-state index contributed by atoms with van der Waals surface area (Å²) in [6.07, 6.45) is 5.87. The van der Waals surface area contributed by atoms with E-state index in [-0.39, 0.29) is 5.78 Å². The van der Waals surface area contributed by atoms with Crippen molar-refractivity contribution in [3.8, 4) is 0 Å². The fourth-order valence-electron chi connectivity index (χ4n) is 4.03. The first-order valence-electron chi connectivity index (χ1n) is 14.6. The van der Waals surface area contributed by atoms with Crippen LogP contribution in [0.4, 0.5) is 5.95 Å². The molecule has 0 radical (unpaired) electrons. The topological polar surface area (TPSA) is 61.4 Å². The van der Waals surface area contributed by atoms with Crippen molar-refractivity contribution in [1.29, 1.82) is 0 Å². The summed E-state index contributed by atoms with van der Waals surface area (Å²) < 4.78 is 1.00. The van der Waals surface area contributed by atoms with Gasteiger partial charge in [-0.2, -0.15) is 0 Å². The van der Waals surface area contributed by atoms with Crippen LogP contribution in [0, 0.1) is 5.92 Å². The van der Waals surface area contributed by atoms with Gasteiger partial charge < -0.3 is 9.88 Å².